The fourth-order valence-electron chi connectivity index (χ4n) is 1.76. The SMILES string of the molecule is NCCCCc1ccccc1-c1ncco1. The lowest BCUT2D eigenvalue weighted by atomic mass is 10.0. The van der Waals surface area contributed by atoms with Crippen molar-refractivity contribution < 1.29 is 4.42 Å². The largest absolute Gasteiger partial charge is 0.445 e. The van der Waals surface area contributed by atoms with Crippen molar-refractivity contribution in [3.05, 3.63) is 42.3 Å². The van der Waals surface area contributed by atoms with Gasteiger partial charge in [0.15, 0.2) is 0 Å². The van der Waals surface area contributed by atoms with Crippen molar-refractivity contribution in [2.75, 3.05) is 6.54 Å². The maximum absolute atomic E-state index is 5.49. The second-order valence-corrected chi connectivity index (χ2v) is 3.74. The number of hydrogen-bond acceptors (Lipinski definition) is 3. The quantitative estimate of drug-likeness (QED) is 0.782. The zero-order valence-electron chi connectivity index (χ0n) is 9.23. The first-order chi connectivity index (χ1) is 7.92. The van der Waals surface area contributed by atoms with E-state index in [4.69, 9.17) is 10.2 Å². The van der Waals surface area contributed by atoms with Crippen LogP contribution in [0.25, 0.3) is 11.5 Å². The zero-order chi connectivity index (χ0) is 11.2. The van der Waals surface area contributed by atoms with E-state index in [2.05, 4.69) is 11.1 Å². The molecule has 0 unspecified atom stereocenters. The predicted molar refractivity (Wildman–Crippen MR) is 63.9 cm³/mol. The average molecular weight is 216 g/mol. The highest BCUT2D eigenvalue weighted by molar-refractivity contribution is 5.58. The lowest BCUT2D eigenvalue weighted by Crippen LogP contribution is -1.99. The van der Waals surface area contributed by atoms with Crippen LogP contribution in [-0.2, 0) is 6.42 Å². The van der Waals surface area contributed by atoms with E-state index in [9.17, 15) is 0 Å². The summed E-state index contributed by atoms with van der Waals surface area (Å²) in [6.07, 6.45) is 6.46. The van der Waals surface area contributed by atoms with Crippen LogP contribution in [0.5, 0.6) is 0 Å². The molecule has 0 aliphatic rings. The van der Waals surface area contributed by atoms with Gasteiger partial charge >= 0.3 is 0 Å². The molecule has 16 heavy (non-hydrogen) atoms. The third kappa shape index (κ3) is 2.49. The molecule has 3 heteroatoms. The Morgan fingerprint density at radius 3 is 2.81 bits per heavy atom. The van der Waals surface area contributed by atoms with Gasteiger partial charge in [-0.3, -0.25) is 0 Å². The minimum absolute atomic E-state index is 0.698. The summed E-state index contributed by atoms with van der Waals surface area (Å²) in [5.41, 5.74) is 7.86. The lowest BCUT2D eigenvalue weighted by Gasteiger charge is -2.05. The van der Waals surface area contributed by atoms with Crippen LogP contribution in [0.3, 0.4) is 0 Å². The molecule has 0 fully saturated rings. The van der Waals surface area contributed by atoms with Crippen molar-refractivity contribution in [1.29, 1.82) is 0 Å². The first-order valence-corrected chi connectivity index (χ1v) is 5.59. The highest BCUT2D eigenvalue weighted by Crippen LogP contribution is 2.23. The third-order valence-corrected chi connectivity index (χ3v) is 2.58. The molecular weight excluding hydrogens is 200 g/mol. The van der Waals surface area contributed by atoms with E-state index in [1.54, 1.807) is 12.5 Å². The second-order valence-electron chi connectivity index (χ2n) is 3.74. The van der Waals surface area contributed by atoms with Gasteiger partial charge in [-0.1, -0.05) is 18.2 Å². The van der Waals surface area contributed by atoms with Gasteiger partial charge in [-0.25, -0.2) is 4.98 Å². The summed E-state index contributed by atoms with van der Waals surface area (Å²) >= 11 is 0. The number of nitrogens with two attached hydrogens (primary N) is 1. The van der Waals surface area contributed by atoms with Gasteiger partial charge in [-0.15, -0.1) is 0 Å². The summed E-state index contributed by atoms with van der Waals surface area (Å²) in [7, 11) is 0. The number of rotatable bonds is 5. The van der Waals surface area contributed by atoms with Crippen LogP contribution in [0, 0.1) is 0 Å². The van der Waals surface area contributed by atoms with Gasteiger partial charge < -0.3 is 10.2 Å². The standard InChI is InChI=1S/C13H16N2O/c14-8-4-3-6-11-5-1-2-7-12(11)13-15-9-10-16-13/h1-2,5,7,9-10H,3-4,6,8,14H2. The van der Waals surface area contributed by atoms with Crippen LogP contribution in [0.4, 0.5) is 0 Å². The molecule has 2 aromatic rings. The molecule has 0 radical (unpaired) electrons. The second kappa shape index (κ2) is 5.47. The Morgan fingerprint density at radius 1 is 1.19 bits per heavy atom. The predicted octanol–water partition coefficient (Wildman–Crippen LogP) is 2.62. The minimum atomic E-state index is 0.698. The Bertz CT molecular complexity index is 423. The molecule has 0 aliphatic carbocycles. The zero-order valence-corrected chi connectivity index (χ0v) is 9.23. The van der Waals surface area contributed by atoms with Crippen molar-refractivity contribution in [2.45, 2.75) is 19.3 Å². The Hall–Kier alpha value is -1.61. The number of unbranched alkanes of at least 4 members (excludes halogenated alkanes) is 1. The molecule has 0 bridgehead atoms. The summed E-state index contributed by atoms with van der Waals surface area (Å²) in [5.74, 6) is 0.698. The Morgan fingerprint density at radius 2 is 2.06 bits per heavy atom. The van der Waals surface area contributed by atoms with E-state index in [1.165, 1.54) is 5.56 Å². The molecule has 1 aromatic carbocycles. The highest BCUT2D eigenvalue weighted by atomic mass is 16.3. The molecule has 2 rings (SSSR count). The summed E-state index contributed by atoms with van der Waals surface area (Å²) in [6.45, 7) is 0.751. The van der Waals surface area contributed by atoms with E-state index in [-0.39, 0.29) is 0 Å². The number of oxazole rings is 1. The maximum Gasteiger partial charge on any atom is 0.226 e. The van der Waals surface area contributed by atoms with Crippen LogP contribution < -0.4 is 5.73 Å². The average Bonchev–Trinajstić information content (AvgIpc) is 2.83. The van der Waals surface area contributed by atoms with E-state index < -0.39 is 0 Å². The molecular formula is C13H16N2O. The Kier molecular flexibility index (Phi) is 3.72. The number of aromatic nitrogens is 1. The molecule has 0 amide bonds. The van der Waals surface area contributed by atoms with Gasteiger partial charge in [0.25, 0.3) is 0 Å². The van der Waals surface area contributed by atoms with Gasteiger partial charge in [0.2, 0.25) is 5.89 Å². The van der Waals surface area contributed by atoms with E-state index in [0.717, 1.165) is 31.4 Å². The van der Waals surface area contributed by atoms with E-state index in [1.807, 2.05) is 18.2 Å². The molecule has 2 N–H and O–H groups in total. The number of aryl methyl sites for hydroxylation is 1. The number of nitrogens with zero attached hydrogens (tertiary/aromatic N) is 1. The molecule has 1 aromatic heterocycles. The maximum atomic E-state index is 5.49. The van der Waals surface area contributed by atoms with Crippen molar-refractivity contribution in [3.8, 4) is 11.5 Å². The van der Waals surface area contributed by atoms with Crippen molar-refractivity contribution in [1.82, 2.24) is 4.98 Å². The molecule has 0 atom stereocenters. The fourth-order valence-corrected chi connectivity index (χ4v) is 1.76. The first-order valence-electron chi connectivity index (χ1n) is 5.59. The van der Waals surface area contributed by atoms with Crippen molar-refractivity contribution in [3.63, 3.8) is 0 Å². The molecule has 3 nitrogen and oxygen atoms in total. The molecule has 0 spiro atoms. The summed E-state index contributed by atoms with van der Waals surface area (Å²) in [6, 6.07) is 8.22. The third-order valence-electron chi connectivity index (χ3n) is 2.58. The molecule has 1 heterocycles. The van der Waals surface area contributed by atoms with Gasteiger partial charge in [-0.2, -0.15) is 0 Å². The molecule has 84 valence electrons. The summed E-state index contributed by atoms with van der Waals surface area (Å²) in [5, 5.41) is 0. The van der Waals surface area contributed by atoms with Crippen molar-refractivity contribution in [2.24, 2.45) is 5.73 Å². The smallest absolute Gasteiger partial charge is 0.226 e. The van der Waals surface area contributed by atoms with Crippen LogP contribution in [0.15, 0.2) is 41.1 Å². The molecule has 0 saturated carbocycles. The van der Waals surface area contributed by atoms with Crippen molar-refractivity contribution >= 4 is 0 Å². The minimum Gasteiger partial charge on any atom is -0.445 e. The van der Waals surface area contributed by atoms with Gasteiger partial charge in [0.05, 0.1) is 6.20 Å². The first kappa shape index (κ1) is 10.9. The van der Waals surface area contributed by atoms with Gasteiger partial charge in [0, 0.05) is 5.56 Å². The highest BCUT2D eigenvalue weighted by Gasteiger charge is 2.07. The fraction of sp³-hybridized carbons (Fsp3) is 0.308. The van der Waals surface area contributed by atoms with Crippen LogP contribution >= 0.6 is 0 Å². The topological polar surface area (TPSA) is 52.0 Å². The Labute approximate surface area is 95.3 Å². The van der Waals surface area contributed by atoms with Gasteiger partial charge in [-0.05, 0) is 37.4 Å². The summed E-state index contributed by atoms with van der Waals surface area (Å²) < 4.78 is 5.33. The van der Waals surface area contributed by atoms with Gasteiger partial charge in [0.1, 0.15) is 6.26 Å². The number of benzene rings is 1. The van der Waals surface area contributed by atoms with Crippen LogP contribution in [-0.4, -0.2) is 11.5 Å². The lowest BCUT2D eigenvalue weighted by molar-refractivity contribution is 0.573. The number of hydrogen-bond donors (Lipinski definition) is 1. The Balaban J connectivity index is 2.18. The van der Waals surface area contributed by atoms with Crippen LogP contribution in [0.2, 0.25) is 0 Å². The van der Waals surface area contributed by atoms with Crippen LogP contribution in [0.1, 0.15) is 18.4 Å². The van der Waals surface area contributed by atoms with E-state index >= 15 is 0 Å². The van der Waals surface area contributed by atoms with E-state index in [0.29, 0.717) is 5.89 Å². The monoisotopic (exact) mass is 216 g/mol. The molecule has 0 aliphatic heterocycles. The molecule has 0 saturated heterocycles. The summed E-state index contributed by atoms with van der Waals surface area (Å²) in [4.78, 5) is 4.18. The normalized spacial score (nSPS) is 10.6.